The maximum atomic E-state index is 5.91. The molecule has 1 aromatic carbocycles. The van der Waals surface area contributed by atoms with Crippen molar-refractivity contribution in [2.75, 3.05) is 5.73 Å². The van der Waals surface area contributed by atoms with E-state index in [2.05, 4.69) is 20.4 Å². The van der Waals surface area contributed by atoms with Crippen LogP contribution in [0.15, 0.2) is 35.8 Å². The highest BCUT2D eigenvalue weighted by Crippen LogP contribution is 2.30. The van der Waals surface area contributed by atoms with E-state index in [1.54, 1.807) is 6.20 Å². The number of aromatic nitrogens is 4. The van der Waals surface area contributed by atoms with Gasteiger partial charge >= 0.3 is 0 Å². The molecule has 0 aliphatic heterocycles. The molecule has 3 N–H and O–H groups in total. The van der Waals surface area contributed by atoms with Crippen molar-refractivity contribution in [3.8, 4) is 22.0 Å². The highest BCUT2D eigenvalue weighted by Gasteiger charge is 2.09. The Labute approximate surface area is 101 Å². The van der Waals surface area contributed by atoms with Gasteiger partial charge in [0.05, 0.1) is 11.9 Å². The SMILES string of the molecule is Nc1ccccc1-c1csc(-c2cn[nH]n2)n1. The fraction of sp³-hybridized carbons (Fsp3) is 0. The van der Waals surface area contributed by atoms with E-state index >= 15 is 0 Å². The Hall–Kier alpha value is -2.21. The number of H-pyrrole nitrogens is 1. The third-order valence-corrected chi connectivity index (χ3v) is 3.24. The van der Waals surface area contributed by atoms with Gasteiger partial charge in [0, 0.05) is 16.6 Å². The van der Waals surface area contributed by atoms with Gasteiger partial charge in [-0.05, 0) is 6.07 Å². The molecular weight excluding hydrogens is 234 g/mol. The van der Waals surface area contributed by atoms with E-state index in [4.69, 9.17) is 5.73 Å². The van der Waals surface area contributed by atoms with Crippen LogP contribution in [-0.4, -0.2) is 20.4 Å². The molecule has 0 atom stereocenters. The first kappa shape index (κ1) is 9.98. The molecule has 2 aromatic heterocycles. The van der Waals surface area contributed by atoms with Crippen LogP contribution in [0.25, 0.3) is 22.0 Å². The summed E-state index contributed by atoms with van der Waals surface area (Å²) < 4.78 is 0. The minimum Gasteiger partial charge on any atom is -0.398 e. The number of hydrogen-bond donors (Lipinski definition) is 2. The summed E-state index contributed by atoms with van der Waals surface area (Å²) in [6.45, 7) is 0. The number of nitrogens with one attached hydrogen (secondary N) is 1. The summed E-state index contributed by atoms with van der Waals surface area (Å²) in [6, 6.07) is 7.67. The van der Waals surface area contributed by atoms with Crippen LogP contribution in [0.2, 0.25) is 0 Å². The zero-order chi connectivity index (χ0) is 11.7. The number of anilines is 1. The molecule has 84 valence electrons. The van der Waals surface area contributed by atoms with E-state index in [1.165, 1.54) is 11.3 Å². The summed E-state index contributed by atoms with van der Waals surface area (Å²) in [5.41, 5.74) is 9.19. The maximum Gasteiger partial charge on any atom is 0.146 e. The Kier molecular flexibility index (Phi) is 2.34. The lowest BCUT2D eigenvalue weighted by Crippen LogP contribution is -1.89. The Morgan fingerprint density at radius 2 is 2.06 bits per heavy atom. The monoisotopic (exact) mass is 243 g/mol. The van der Waals surface area contributed by atoms with Gasteiger partial charge in [-0.25, -0.2) is 4.98 Å². The van der Waals surface area contributed by atoms with Crippen molar-refractivity contribution in [2.45, 2.75) is 0 Å². The average molecular weight is 243 g/mol. The van der Waals surface area contributed by atoms with Gasteiger partial charge in [-0.3, -0.25) is 0 Å². The van der Waals surface area contributed by atoms with Crippen LogP contribution in [0.1, 0.15) is 0 Å². The number of rotatable bonds is 2. The van der Waals surface area contributed by atoms with E-state index in [0.29, 0.717) is 0 Å². The minimum atomic E-state index is 0.726. The number of hydrogen-bond acceptors (Lipinski definition) is 5. The van der Waals surface area contributed by atoms with Crippen molar-refractivity contribution in [3.05, 3.63) is 35.8 Å². The van der Waals surface area contributed by atoms with Crippen molar-refractivity contribution < 1.29 is 0 Å². The molecule has 2 heterocycles. The molecule has 6 heteroatoms. The number of nitrogens with zero attached hydrogens (tertiary/aromatic N) is 3. The Morgan fingerprint density at radius 3 is 2.82 bits per heavy atom. The fourth-order valence-electron chi connectivity index (χ4n) is 1.55. The van der Waals surface area contributed by atoms with Crippen LogP contribution in [0, 0.1) is 0 Å². The summed E-state index contributed by atoms with van der Waals surface area (Å²) in [7, 11) is 0. The molecule has 0 aliphatic rings. The third kappa shape index (κ3) is 1.78. The van der Waals surface area contributed by atoms with E-state index < -0.39 is 0 Å². The number of benzene rings is 1. The molecule has 0 amide bonds. The van der Waals surface area contributed by atoms with Gasteiger partial charge in [0.1, 0.15) is 10.7 Å². The summed E-state index contributed by atoms with van der Waals surface area (Å²) in [6.07, 6.45) is 1.65. The Bertz CT molecular complexity index is 629. The predicted molar refractivity (Wildman–Crippen MR) is 67.3 cm³/mol. The quantitative estimate of drug-likeness (QED) is 0.676. The summed E-state index contributed by atoms with van der Waals surface area (Å²) in [5, 5.41) is 13.1. The third-order valence-electron chi connectivity index (χ3n) is 2.38. The highest BCUT2D eigenvalue weighted by molar-refractivity contribution is 7.13. The molecule has 3 rings (SSSR count). The van der Waals surface area contributed by atoms with Gasteiger partial charge in [-0.15, -0.1) is 11.3 Å². The molecule has 0 spiro atoms. The fourth-order valence-corrected chi connectivity index (χ4v) is 2.32. The van der Waals surface area contributed by atoms with Crippen molar-refractivity contribution in [1.29, 1.82) is 0 Å². The zero-order valence-electron chi connectivity index (χ0n) is 8.79. The van der Waals surface area contributed by atoms with Gasteiger partial charge in [0.25, 0.3) is 0 Å². The molecule has 0 unspecified atom stereocenters. The molecule has 0 bridgehead atoms. The van der Waals surface area contributed by atoms with Crippen LogP contribution < -0.4 is 5.73 Å². The molecule has 0 fully saturated rings. The number of para-hydroxylation sites is 1. The second-order valence-electron chi connectivity index (χ2n) is 3.48. The average Bonchev–Trinajstić information content (AvgIpc) is 3.00. The molecule has 3 aromatic rings. The van der Waals surface area contributed by atoms with Gasteiger partial charge < -0.3 is 5.73 Å². The smallest absolute Gasteiger partial charge is 0.146 e. The van der Waals surface area contributed by atoms with Crippen LogP contribution in [0.3, 0.4) is 0 Å². The molecule has 0 radical (unpaired) electrons. The van der Waals surface area contributed by atoms with Crippen molar-refractivity contribution >= 4 is 17.0 Å². The van der Waals surface area contributed by atoms with Gasteiger partial charge in [0.15, 0.2) is 0 Å². The van der Waals surface area contributed by atoms with Crippen molar-refractivity contribution in [3.63, 3.8) is 0 Å². The van der Waals surface area contributed by atoms with E-state index in [-0.39, 0.29) is 0 Å². The molecule has 17 heavy (non-hydrogen) atoms. The van der Waals surface area contributed by atoms with E-state index in [1.807, 2.05) is 29.6 Å². The normalized spacial score (nSPS) is 10.6. The first-order chi connectivity index (χ1) is 8.34. The van der Waals surface area contributed by atoms with Crippen molar-refractivity contribution in [1.82, 2.24) is 20.4 Å². The van der Waals surface area contributed by atoms with Crippen LogP contribution in [0.5, 0.6) is 0 Å². The lowest BCUT2D eigenvalue weighted by Gasteiger charge is -2.00. The largest absolute Gasteiger partial charge is 0.398 e. The predicted octanol–water partition coefficient (Wildman–Crippen LogP) is 2.18. The number of nitrogens with two attached hydrogens (primary N) is 1. The maximum absolute atomic E-state index is 5.91. The summed E-state index contributed by atoms with van der Waals surface area (Å²) in [5.74, 6) is 0. The van der Waals surface area contributed by atoms with Crippen LogP contribution in [-0.2, 0) is 0 Å². The van der Waals surface area contributed by atoms with Gasteiger partial charge in [0.2, 0.25) is 0 Å². The van der Waals surface area contributed by atoms with Crippen molar-refractivity contribution in [2.24, 2.45) is 0 Å². The molecule has 5 nitrogen and oxygen atoms in total. The number of nitrogen functional groups attached to an aromatic ring is 1. The summed E-state index contributed by atoms with van der Waals surface area (Å²) >= 11 is 1.52. The molecule has 0 saturated carbocycles. The highest BCUT2D eigenvalue weighted by atomic mass is 32.1. The van der Waals surface area contributed by atoms with Crippen LogP contribution in [0.4, 0.5) is 5.69 Å². The lowest BCUT2D eigenvalue weighted by atomic mass is 10.1. The lowest BCUT2D eigenvalue weighted by molar-refractivity contribution is 0.942. The van der Waals surface area contributed by atoms with Crippen LogP contribution >= 0.6 is 11.3 Å². The van der Waals surface area contributed by atoms with Gasteiger partial charge in [-0.2, -0.15) is 15.4 Å². The molecular formula is C11H9N5S. The summed E-state index contributed by atoms with van der Waals surface area (Å²) in [4.78, 5) is 4.50. The van der Waals surface area contributed by atoms with E-state index in [0.717, 1.165) is 27.6 Å². The topological polar surface area (TPSA) is 80.5 Å². The standard InChI is InChI=1S/C11H9N5S/c12-8-4-2-1-3-7(8)10-6-17-11(14-10)9-5-13-16-15-9/h1-6H,12H2,(H,13,15,16). The first-order valence-electron chi connectivity index (χ1n) is 5.01. The number of aromatic amines is 1. The Morgan fingerprint density at radius 1 is 1.18 bits per heavy atom. The molecule has 0 aliphatic carbocycles. The second kappa shape index (κ2) is 3.99. The minimum absolute atomic E-state index is 0.726. The van der Waals surface area contributed by atoms with E-state index in [9.17, 15) is 0 Å². The first-order valence-corrected chi connectivity index (χ1v) is 5.89. The Balaban J connectivity index is 2.04. The second-order valence-corrected chi connectivity index (χ2v) is 4.34. The molecule has 0 saturated heterocycles. The zero-order valence-corrected chi connectivity index (χ0v) is 9.61. The number of thiazole rings is 1. The van der Waals surface area contributed by atoms with Gasteiger partial charge in [-0.1, -0.05) is 18.2 Å².